The number of piperidine rings is 1. The van der Waals surface area contributed by atoms with Gasteiger partial charge in [-0.15, -0.1) is 0 Å². The van der Waals surface area contributed by atoms with Gasteiger partial charge in [-0.2, -0.15) is 11.3 Å². The van der Waals surface area contributed by atoms with Gasteiger partial charge in [0.25, 0.3) is 0 Å². The largest absolute Gasteiger partial charge is 0.316 e. The lowest BCUT2D eigenvalue weighted by Gasteiger charge is -2.34. The Morgan fingerprint density at radius 2 is 2.33 bits per heavy atom. The Hall–Kier alpha value is -0.380. The predicted octanol–water partition coefficient (Wildman–Crippen LogP) is 1.79. The fraction of sp³-hybridized carbons (Fsp3) is 0.667. The highest BCUT2D eigenvalue weighted by atomic mass is 32.1. The highest BCUT2D eigenvalue weighted by Gasteiger charge is 2.32. The second kappa shape index (κ2) is 4.24. The Balaban J connectivity index is 1.59. The van der Waals surface area contributed by atoms with Crippen molar-refractivity contribution in [2.24, 2.45) is 11.8 Å². The van der Waals surface area contributed by atoms with Gasteiger partial charge in [0.15, 0.2) is 0 Å². The molecule has 2 fully saturated rings. The summed E-state index contributed by atoms with van der Waals surface area (Å²) in [5, 5.41) is 7.98. The molecule has 2 atom stereocenters. The molecule has 0 amide bonds. The average Bonchev–Trinajstić information content (AvgIpc) is 2.87. The van der Waals surface area contributed by atoms with E-state index >= 15 is 0 Å². The Bertz CT molecular complexity index is 309. The molecule has 2 aliphatic rings. The molecule has 15 heavy (non-hydrogen) atoms. The van der Waals surface area contributed by atoms with Crippen molar-refractivity contribution in [3.8, 4) is 0 Å². The van der Waals surface area contributed by atoms with E-state index in [1.54, 1.807) is 0 Å². The number of nitrogens with zero attached hydrogens (tertiary/aromatic N) is 1. The molecule has 0 bridgehead atoms. The summed E-state index contributed by atoms with van der Waals surface area (Å²) in [6.45, 7) is 6.25. The molecule has 1 aromatic rings. The highest BCUT2D eigenvalue weighted by molar-refractivity contribution is 7.07. The van der Waals surface area contributed by atoms with E-state index in [4.69, 9.17) is 0 Å². The molecule has 2 saturated heterocycles. The summed E-state index contributed by atoms with van der Waals surface area (Å²) in [4.78, 5) is 2.62. The van der Waals surface area contributed by atoms with Gasteiger partial charge in [0.2, 0.25) is 0 Å². The van der Waals surface area contributed by atoms with Crippen LogP contribution in [0.15, 0.2) is 16.8 Å². The number of thiophene rings is 1. The van der Waals surface area contributed by atoms with E-state index in [0.717, 1.165) is 18.4 Å². The lowest BCUT2D eigenvalue weighted by molar-refractivity contribution is 0.142. The van der Waals surface area contributed by atoms with Crippen LogP contribution in [0.2, 0.25) is 0 Å². The van der Waals surface area contributed by atoms with Crippen LogP contribution in [0.25, 0.3) is 0 Å². The number of likely N-dealkylation sites (tertiary alicyclic amines) is 1. The number of rotatable bonds is 2. The standard InChI is InChI=1S/C12H18N2S/c1-3-14(7-10-2-4-15-9-10)8-12-6-13-5-11(1)12/h2,4,9,11-13H,1,3,5-8H2. The van der Waals surface area contributed by atoms with Crippen LogP contribution in [-0.4, -0.2) is 31.1 Å². The predicted molar refractivity (Wildman–Crippen MR) is 64.1 cm³/mol. The monoisotopic (exact) mass is 222 g/mol. The van der Waals surface area contributed by atoms with Gasteiger partial charge in [-0.1, -0.05) is 0 Å². The smallest absolute Gasteiger partial charge is 0.0242 e. The molecule has 2 aliphatic heterocycles. The minimum Gasteiger partial charge on any atom is -0.316 e. The Kier molecular flexibility index (Phi) is 2.77. The molecule has 0 saturated carbocycles. The number of nitrogens with one attached hydrogen (secondary N) is 1. The molecule has 3 heteroatoms. The highest BCUT2D eigenvalue weighted by Crippen LogP contribution is 2.27. The Morgan fingerprint density at radius 1 is 1.40 bits per heavy atom. The van der Waals surface area contributed by atoms with Crippen molar-refractivity contribution in [1.82, 2.24) is 10.2 Å². The van der Waals surface area contributed by atoms with Crippen molar-refractivity contribution in [1.29, 1.82) is 0 Å². The van der Waals surface area contributed by atoms with E-state index in [2.05, 4.69) is 27.0 Å². The molecule has 3 heterocycles. The molecule has 2 unspecified atom stereocenters. The van der Waals surface area contributed by atoms with Crippen molar-refractivity contribution in [2.45, 2.75) is 13.0 Å². The van der Waals surface area contributed by atoms with Crippen LogP contribution in [0.1, 0.15) is 12.0 Å². The summed E-state index contributed by atoms with van der Waals surface area (Å²) in [7, 11) is 0. The number of fused-ring (bicyclic) bond motifs is 1. The van der Waals surface area contributed by atoms with Crippen molar-refractivity contribution in [3.05, 3.63) is 22.4 Å². The van der Waals surface area contributed by atoms with Crippen LogP contribution in [0, 0.1) is 11.8 Å². The van der Waals surface area contributed by atoms with E-state index in [1.165, 1.54) is 38.2 Å². The van der Waals surface area contributed by atoms with E-state index < -0.39 is 0 Å². The second-order valence-electron chi connectivity index (χ2n) is 4.83. The molecule has 0 spiro atoms. The zero-order chi connectivity index (χ0) is 10.1. The lowest BCUT2D eigenvalue weighted by Crippen LogP contribution is -2.39. The van der Waals surface area contributed by atoms with Crippen LogP contribution < -0.4 is 5.32 Å². The second-order valence-corrected chi connectivity index (χ2v) is 5.61. The summed E-state index contributed by atoms with van der Waals surface area (Å²) in [5.74, 6) is 1.88. The van der Waals surface area contributed by atoms with E-state index in [1.807, 2.05) is 11.3 Å². The summed E-state index contributed by atoms with van der Waals surface area (Å²) < 4.78 is 0. The maximum Gasteiger partial charge on any atom is 0.0242 e. The van der Waals surface area contributed by atoms with Gasteiger partial charge in [-0.3, -0.25) is 4.90 Å². The quantitative estimate of drug-likeness (QED) is 0.820. The van der Waals surface area contributed by atoms with Crippen LogP contribution in [0.4, 0.5) is 0 Å². The zero-order valence-corrected chi connectivity index (χ0v) is 9.80. The van der Waals surface area contributed by atoms with Crippen LogP contribution >= 0.6 is 11.3 Å². The van der Waals surface area contributed by atoms with Gasteiger partial charge < -0.3 is 5.32 Å². The zero-order valence-electron chi connectivity index (χ0n) is 8.98. The first-order valence-electron chi connectivity index (χ1n) is 5.86. The first-order valence-corrected chi connectivity index (χ1v) is 6.80. The summed E-state index contributed by atoms with van der Waals surface area (Å²) >= 11 is 1.81. The maximum atomic E-state index is 3.52. The molecular formula is C12H18N2S. The molecule has 1 aromatic heterocycles. The molecular weight excluding hydrogens is 204 g/mol. The molecule has 0 radical (unpaired) electrons. The Morgan fingerprint density at radius 3 is 3.20 bits per heavy atom. The molecule has 1 N–H and O–H groups in total. The summed E-state index contributed by atoms with van der Waals surface area (Å²) in [6, 6.07) is 2.25. The van der Waals surface area contributed by atoms with Crippen molar-refractivity contribution in [2.75, 3.05) is 26.2 Å². The van der Waals surface area contributed by atoms with Crippen LogP contribution in [-0.2, 0) is 6.54 Å². The molecule has 3 rings (SSSR count). The molecule has 2 nitrogen and oxygen atoms in total. The van der Waals surface area contributed by atoms with Crippen molar-refractivity contribution < 1.29 is 0 Å². The van der Waals surface area contributed by atoms with Gasteiger partial charge in [0.1, 0.15) is 0 Å². The van der Waals surface area contributed by atoms with Gasteiger partial charge in [-0.25, -0.2) is 0 Å². The molecule has 82 valence electrons. The SMILES string of the molecule is c1cc(CN2CCC3CNCC3C2)cs1. The van der Waals surface area contributed by atoms with E-state index in [0.29, 0.717) is 0 Å². The van der Waals surface area contributed by atoms with Gasteiger partial charge >= 0.3 is 0 Å². The first-order chi connectivity index (χ1) is 7.42. The third-order valence-electron chi connectivity index (χ3n) is 3.77. The van der Waals surface area contributed by atoms with Gasteiger partial charge in [0.05, 0.1) is 0 Å². The minimum absolute atomic E-state index is 0.914. The lowest BCUT2D eigenvalue weighted by atomic mass is 9.88. The topological polar surface area (TPSA) is 15.3 Å². The van der Waals surface area contributed by atoms with E-state index in [-0.39, 0.29) is 0 Å². The van der Waals surface area contributed by atoms with E-state index in [9.17, 15) is 0 Å². The molecule has 0 aliphatic carbocycles. The summed E-state index contributed by atoms with van der Waals surface area (Å²) in [5.41, 5.74) is 1.49. The third kappa shape index (κ3) is 2.10. The van der Waals surface area contributed by atoms with Crippen molar-refractivity contribution >= 4 is 11.3 Å². The van der Waals surface area contributed by atoms with Crippen molar-refractivity contribution in [3.63, 3.8) is 0 Å². The van der Waals surface area contributed by atoms with Crippen LogP contribution in [0.5, 0.6) is 0 Å². The number of hydrogen-bond acceptors (Lipinski definition) is 3. The maximum absolute atomic E-state index is 3.52. The average molecular weight is 222 g/mol. The fourth-order valence-corrected chi connectivity index (χ4v) is 3.55. The van der Waals surface area contributed by atoms with Gasteiger partial charge in [-0.05, 0) is 60.3 Å². The minimum atomic E-state index is 0.914. The van der Waals surface area contributed by atoms with Crippen LogP contribution in [0.3, 0.4) is 0 Å². The summed E-state index contributed by atoms with van der Waals surface area (Å²) in [6.07, 6.45) is 1.39. The van der Waals surface area contributed by atoms with Gasteiger partial charge in [0, 0.05) is 13.1 Å². The Labute approximate surface area is 95.3 Å². The normalized spacial score (nSPS) is 31.7. The number of hydrogen-bond donors (Lipinski definition) is 1. The first kappa shape index (κ1) is 9.82. The fourth-order valence-electron chi connectivity index (χ4n) is 2.89. The third-order valence-corrected chi connectivity index (χ3v) is 4.51. The molecule has 0 aromatic carbocycles.